The van der Waals surface area contributed by atoms with Crippen molar-refractivity contribution in [2.75, 3.05) is 0 Å². The van der Waals surface area contributed by atoms with Crippen LogP contribution in [0.3, 0.4) is 0 Å². The molecule has 0 spiro atoms. The van der Waals surface area contributed by atoms with E-state index in [2.05, 4.69) is 0 Å². The lowest BCUT2D eigenvalue weighted by Crippen LogP contribution is -2.14. The lowest BCUT2D eigenvalue weighted by Gasteiger charge is -2.16. The number of hydrogen-bond acceptors (Lipinski definition) is 3. The first kappa shape index (κ1) is 14.2. The van der Waals surface area contributed by atoms with Crippen LogP contribution in [0.2, 0.25) is 0 Å². The van der Waals surface area contributed by atoms with Crippen LogP contribution in [-0.2, 0) is 0 Å². The average molecular weight is 305 g/mol. The molecule has 3 rings (SSSR count). The van der Waals surface area contributed by atoms with Crippen molar-refractivity contribution in [2.24, 2.45) is 0 Å². The molecule has 1 aromatic heterocycles. The summed E-state index contributed by atoms with van der Waals surface area (Å²) in [7, 11) is 0. The Balaban J connectivity index is 1.95. The number of rotatable bonds is 2. The van der Waals surface area contributed by atoms with E-state index in [0.717, 1.165) is 35.2 Å². The van der Waals surface area contributed by atoms with Gasteiger partial charge < -0.3 is 9.15 Å². The summed E-state index contributed by atoms with van der Waals surface area (Å²) in [5.41, 5.74) is 2.30. The van der Waals surface area contributed by atoms with Crippen LogP contribution in [0, 0.1) is 6.92 Å². The Hall–Kier alpha value is -1.74. The number of aryl methyl sites for hydroxylation is 1. The molecule has 0 radical (unpaired) electrons. The number of benzene rings is 1. The van der Waals surface area contributed by atoms with Crippen molar-refractivity contribution in [3.63, 3.8) is 0 Å². The second kappa shape index (κ2) is 5.57. The molecule has 1 atom stereocenters. The van der Waals surface area contributed by atoms with Crippen molar-refractivity contribution in [1.29, 1.82) is 0 Å². The molecule has 1 aliphatic rings. The molecule has 1 saturated carbocycles. The summed E-state index contributed by atoms with van der Waals surface area (Å²) in [6.45, 7) is 3.80. The van der Waals surface area contributed by atoms with Gasteiger partial charge in [0.1, 0.15) is 17.4 Å². The monoisotopic (exact) mass is 304 g/mol. The van der Waals surface area contributed by atoms with E-state index in [1.54, 1.807) is 6.07 Å². The van der Waals surface area contributed by atoms with Crippen molar-refractivity contribution in [2.45, 2.75) is 39.2 Å². The van der Waals surface area contributed by atoms with E-state index in [9.17, 15) is 4.79 Å². The zero-order chi connectivity index (χ0) is 15.0. The van der Waals surface area contributed by atoms with E-state index < -0.39 is 0 Å². The van der Waals surface area contributed by atoms with E-state index in [1.165, 1.54) is 11.6 Å². The predicted molar refractivity (Wildman–Crippen MR) is 84.0 cm³/mol. The molecule has 110 valence electrons. The third-order valence-electron chi connectivity index (χ3n) is 3.94. The third-order valence-corrected chi connectivity index (χ3v) is 4.19. The average Bonchev–Trinajstić information content (AvgIpc) is 2.86. The minimum Gasteiger partial charge on any atom is -0.486 e. The number of ether oxygens (including phenoxy) is 1. The highest BCUT2D eigenvalue weighted by Crippen LogP contribution is 2.33. The summed E-state index contributed by atoms with van der Waals surface area (Å²) in [6.07, 6.45) is 3.07. The number of allylic oxidation sites excluding steroid dienone is 1. The van der Waals surface area contributed by atoms with Gasteiger partial charge in [0.2, 0.25) is 0 Å². The van der Waals surface area contributed by atoms with Crippen LogP contribution in [0.4, 0.5) is 0 Å². The Morgan fingerprint density at radius 3 is 2.95 bits per heavy atom. The van der Waals surface area contributed by atoms with E-state index in [4.69, 9.17) is 20.8 Å². The van der Waals surface area contributed by atoms with Gasteiger partial charge in [0.05, 0.1) is 0 Å². The predicted octanol–water partition coefficient (Wildman–Crippen LogP) is 4.55. The molecule has 1 aromatic carbocycles. The largest absolute Gasteiger partial charge is 0.486 e. The van der Waals surface area contributed by atoms with Crippen LogP contribution in [0.25, 0.3) is 11.0 Å². The molecule has 0 saturated heterocycles. The van der Waals surface area contributed by atoms with Gasteiger partial charge in [-0.05, 0) is 56.4 Å². The first-order valence-corrected chi connectivity index (χ1v) is 7.49. The highest BCUT2D eigenvalue weighted by molar-refractivity contribution is 6.29. The summed E-state index contributed by atoms with van der Waals surface area (Å²) in [4.78, 5) is 11.5. The van der Waals surface area contributed by atoms with Crippen LogP contribution < -0.4 is 10.4 Å². The summed E-state index contributed by atoms with van der Waals surface area (Å²) in [6, 6.07) is 7.12. The molecule has 1 unspecified atom stereocenters. The molecule has 1 heterocycles. The van der Waals surface area contributed by atoms with Gasteiger partial charge in [-0.15, -0.1) is 0 Å². The van der Waals surface area contributed by atoms with Crippen molar-refractivity contribution in [3.05, 3.63) is 50.9 Å². The Bertz CT molecular complexity index is 769. The second-order valence-electron chi connectivity index (χ2n) is 5.46. The summed E-state index contributed by atoms with van der Waals surface area (Å²) in [5, 5.41) is 1.75. The van der Waals surface area contributed by atoms with Crippen molar-refractivity contribution in [1.82, 2.24) is 0 Å². The minimum atomic E-state index is -0.338. The van der Waals surface area contributed by atoms with E-state index >= 15 is 0 Å². The Labute approximate surface area is 128 Å². The highest BCUT2D eigenvalue weighted by atomic mass is 35.5. The molecule has 1 fully saturated rings. The van der Waals surface area contributed by atoms with E-state index in [1.807, 2.05) is 26.0 Å². The summed E-state index contributed by atoms with van der Waals surface area (Å²) >= 11 is 6.12. The molecule has 0 N–H and O–H groups in total. The molecule has 0 bridgehead atoms. The first-order valence-electron chi connectivity index (χ1n) is 7.11. The third kappa shape index (κ3) is 2.84. The Morgan fingerprint density at radius 1 is 1.38 bits per heavy atom. The number of hydrogen-bond donors (Lipinski definition) is 0. The van der Waals surface area contributed by atoms with Crippen LogP contribution in [-0.4, -0.2) is 6.10 Å². The molecule has 1 aliphatic carbocycles. The lowest BCUT2D eigenvalue weighted by atomic mass is 10.1. The molecular formula is C17H17ClO3. The SMILES string of the molecule is C/C(Cl)=C1/CCCC1Oc1ccc2c(C)cc(=O)oc2c1. The molecule has 3 nitrogen and oxygen atoms in total. The van der Waals surface area contributed by atoms with Gasteiger partial charge in [-0.1, -0.05) is 11.6 Å². The van der Waals surface area contributed by atoms with Crippen molar-refractivity contribution < 1.29 is 9.15 Å². The molecule has 0 amide bonds. The lowest BCUT2D eigenvalue weighted by molar-refractivity contribution is 0.243. The summed E-state index contributed by atoms with van der Waals surface area (Å²) < 4.78 is 11.3. The smallest absolute Gasteiger partial charge is 0.336 e. The second-order valence-corrected chi connectivity index (χ2v) is 6.03. The topological polar surface area (TPSA) is 39.4 Å². The van der Waals surface area contributed by atoms with Gasteiger partial charge in [0.25, 0.3) is 0 Å². The van der Waals surface area contributed by atoms with Gasteiger partial charge in [0, 0.05) is 22.6 Å². The van der Waals surface area contributed by atoms with Gasteiger partial charge in [-0.25, -0.2) is 4.79 Å². The van der Waals surface area contributed by atoms with Crippen LogP contribution in [0.5, 0.6) is 5.75 Å². The minimum absolute atomic E-state index is 0.0245. The molecule has 0 aliphatic heterocycles. The van der Waals surface area contributed by atoms with Gasteiger partial charge in [-0.2, -0.15) is 0 Å². The molecule has 21 heavy (non-hydrogen) atoms. The number of fused-ring (bicyclic) bond motifs is 1. The maximum absolute atomic E-state index is 11.5. The first-order chi connectivity index (χ1) is 10.0. The molecule has 4 heteroatoms. The highest BCUT2D eigenvalue weighted by Gasteiger charge is 2.24. The molecular weight excluding hydrogens is 288 g/mol. The number of halogens is 1. The van der Waals surface area contributed by atoms with Gasteiger partial charge in [-0.3, -0.25) is 0 Å². The fourth-order valence-corrected chi connectivity index (χ4v) is 3.10. The Kier molecular flexibility index (Phi) is 3.77. The maximum Gasteiger partial charge on any atom is 0.336 e. The van der Waals surface area contributed by atoms with Crippen LogP contribution in [0.1, 0.15) is 31.7 Å². The molecule has 2 aromatic rings. The quantitative estimate of drug-likeness (QED) is 0.764. The van der Waals surface area contributed by atoms with E-state index in [-0.39, 0.29) is 11.7 Å². The van der Waals surface area contributed by atoms with Gasteiger partial charge >= 0.3 is 5.63 Å². The maximum atomic E-state index is 11.5. The fraction of sp³-hybridized carbons (Fsp3) is 0.353. The van der Waals surface area contributed by atoms with Crippen molar-refractivity contribution in [3.8, 4) is 5.75 Å². The zero-order valence-electron chi connectivity index (χ0n) is 12.1. The normalized spacial score (nSPS) is 20.8. The zero-order valence-corrected chi connectivity index (χ0v) is 12.9. The van der Waals surface area contributed by atoms with Crippen LogP contribution >= 0.6 is 11.6 Å². The van der Waals surface area contributed by atoms with Gasteiger partial charge in [0.15, 0.2) is 0 Å². The Morgan fingerprint density at radius 2 is 2.19 bits per heavy atom. The van der Waals surface area contributed by atoms with Crippen molar-refractivity contribution >= 4 is 22.6 Å². The van der Waals surface area contributed by atoms with E-state index in [0.29, 0.717) is 11.3 Å². The fourth-order valence-electron chi connectivity index (χ4n) is 2.88. The van der Waals surface area contributed by atoms with Crippen LogP contribution in [0.15, 0.2) is 44.1 Å². The standard InChI is InChI=1S/C17H17ClO3/c1-10-8-17(19)21-16-9-12(6-7-13(10)16)20-15-5-3-4-14(15)11(2)18/h6-9,15H,3-5H2,1-2H3/b14-11+. The summed E-state index contributed by atoms with van der Waals surface area (Å²) in [5.74, 6) is 0.707.